The van der Waals surface area contributed by atoms with Crippen molar-refractivity contribution in [2.24, 2.45) is 0 Å². The van der Waals surface area contributed by atoms with E-state index in [1.807, 2.05) is 50.9 Å². The number of hydrogen-bond acceptors (Lipinski definition) is 2. The molecule has 1 aliphatic heterocycles. The third kappa shape index (κ3) is 4.55. The predicted octanol–water partition coefficient (Wildman–Crippen LogP) is 0.394. The van der Waals surface area contributed by atoms with Crippen LogP contribution < -0.4 is 15.1 Å². The molecule has 1 heterocycles. The van der Waals surface area contributed by atoms with Crippen LogP contribution in [0.2, 0.25) is 0 Å². The first-order valence-electron chi connectivity index (χ1n) is 8.19. The van der Waals surface area contributed by atoms with Gasteiger partial charge in [0.1, 0.15) is 0 Å². The van der Waals surface area contributed by atoms with E-state index in [2.05, 4.69) is 18.3 Å². The molecule has 5 heteroatoms. The molecule has 5 nitrogen and oxygen atoms in total. The van der Waals surface area contributed by atoms with Crippen molar-refractivity contribution < 1.29 is 14.5 Å². The van der Waals surface area contributed by atoms with E-state index in [0.29, 0.717) is 13.1 Å². The second kappa shape index (κ2) is 6.71. The molecule has 2 amide bonds. The zero-order valence-corrected chi connectivity index (χ0v) is 14.8. The number of hydrogen-bond donors (Lipinski definition) is 2. The van der Waals surface area contributed by atoms with E-state index < -0.39 is 0 Å². The maximum Gasteiger partial charge on any atom is 0.282 e. The molecule has 1 aromatic rings. The Hall–Kier alpha value is -1.88. The first-order valence-corrected chi connectivity index (χ1v) is 8.19. The van der Waals surface area contributed by atoms with Gasteiger partial charge in [-0.3, -0.25) is 9.59 Å². The number of quaternary nitrogens is 1. The van der Waals surface area contributed by atoms with Crippen LogP contribution >= 0.6 is 0 Å². The van der Waals surface area contributed by atoms with Crippen LogP contribution in [0.5, 0.6) is 0 Å². The molecule has 1 unspecified atom stereocenters. The Morgan fingerprint density at radius 3 is 2.57 bits per heavy atom. The zero-order valence-electron chi connectivity index (χ0n) is 14.8. The van der Waals surface area contributed by atoms with Gasteiger partial charge in [-0.05, 0) is 45.7 Å². The maximum absolute atomic E-state index is 12.7. The number of fused-ring (bicyclic) bond motifs is 1. The smallest absolute Gasteiger partial charge is 0.282 e. The number of para-hydroxylation sites is 1. The van der Waals surface area contributed by atoms with Crippen molar-refractivity contribution in [3.63, 3.8) is 0 Å². The van der Waals surface area contributed by atoms with Gasteiger partial charge >= 0.3 is 0 Å². The van der Waals surface area contributed by atoms with E-state index in [9.17, 15) is 9.59 Å². The van der Waals surface area contributed by atoms with Gasteiger partial charge < -0.3 is 15.1 Å². The fourth-order valence-electron chi connectivity index (χ4n) is 3.09. The quantitative estimate of drug-likeness (QED) is 0.844. The number of likely N-dealkylation sites (N-methyl/N-ethyl adjacent to an activating group) is 1. The van der Waals surface area contributed by atoms with Crippen molar-refractivity contribution >= 4 is 17.5 Å². The number of anilines is 1. The van der Waals surface area contributed by atoms with Gasteiger partial charge in [0.2, 0.25) is 0 Å². The largest absolute Gasteiger partial charge is 0.347 e. The number of carbonyl (C=O) groups excluding carboxylic acids is 2. The summed E-state index contributed by atoms with van der Waals surface area (Å²) in [5.74, 6) is 0.0428. The van der Waals surface area contributed by atoms with Crippen LogP contribution in [-0.4, -0.2) is 43.5 Å². The topological polar surface area (TPSA) is 53.9 Å². The lowest BCUT2D eigenvalue weighted by atomic mass is 10.1. The van der Waals surface area contributed by atoms with Gasteiger partial charge in [-0.15, -0.1) is 0 Å². The normalized spacial score (nSPS) is 18.5. The number of rotatable bonds is 4. The van der Waals surface area contributed by atoms with Gasteiger partial charge in [0.25, 0.3) is 11.8 Å². The van der Waals surface area contributed by atoms with Crippen LogP contribution in [0.25, 0.3) is 0 Å². The SMILES string of the molecule is C[C@@H]1Cc2ccccc2N1C(=O)C[NH+](C)CC(=O)NC(C)(C)C. The minimum Gasteiger partial charge on any atom is -0.347 e. The highest BCUT2D eigenvalue weighted by atomic mass is 16.2. The average molecular weight is 318 g/mol. The Kier molecular flexibility index (Phi) is 5.09. The van der Waals surface area contributed by atoms with Crippen LogP contribution in [0.4, 0.5) is 5.69 Å². The van der Waals surface area contributed by atoms with Gasteiger partial charge in [-0.1, -0.05) is 18.2 Å². The highest BCUT2D eigenvalue weighted by Gasteiger charge is 2.32. The van der Waals surface area contributed by atoms with Crippen molar-refractivity contribution in [2.45, 2.75) is 45.7 Å². The molecule has 2 atom stereocenters. The average Bonchev–Trinajstić information content (AvgIpc) is 2.71. The lowest BCUT2D eigenvalue weighted by Gasteiger charge is -2.25. The predicted molar refractivity (Wildman–Crippen MR) is 91.6 cm³/mol. The van der Waals surface area contributed by atoms with E-state index in [1.165, 1.54) is 5.56 Å². The van der Waals surface area contributed by atoms with E-state index in [-0.39, 0.29) is 23.4 Å². The molecule has 0 saturated heterocycles. The molecule has 0 saturated carbocycles. The molecular formula is C18H28N3O2+. The molecule has 0 radical (unpaired) electrons. The molecule has 0 aromatic heterocycles. The van der Waals surface area contributed by atoms with Crippen LogP contribution in [-0.2, 0) is 16.0 Å². The summed E-state index contributed by atoms with van der Waals surface area (Å²) in [5, 5.41) is 2.93. The Morgan fingerprint density at radius 2 is 1.91 bits per heavy atom. The molecule has 0 bridgehead atoms. The highest BCUT2D eigenvalue weighted by Crippen LogP contribution is 2.31. The summed E-state index contributed by atoms with van der Waals surface area (Å²) in [6, 6.07) is 8.22. The van der Waals surface area contributed by atoms with Gasteiger partial charge in [0.05, 0.1) is 7.05 Å². The summed E-state index contributed by atoms with van der Waals surface area (Å²) in [6.07, 6.45) is 0.894. The molecule has 1 aromatic carbocycles. The van der Waals surface area contributed by atoms with Crippen molar-refractivity contribution in [1.82, 2.24) is 5.32 Å². The fourth-order valence-corrected chi connectivity index (χ4v) is 3.09. The number of nitrogens with one attached hydrogen (secondary N) is 2. The Morgan fingerprint density at radius 1 is 1.26 bits per heavy atom. The zero-order chi connectivity index (χ0) is 17.2. The summed E-state index contributed by atoms with van der Waals surface area (Å²) in [6.45, 7) is 8.54. The van der Waals surface area contributed by atoms with Crippen molar-refractivity contribution in [3.05, 3.63) is 29.8 Å². The van der Waals surface area contributed by atoms with Crippen LogP contribution in [0.1, 0.15) is 33.3 Å². The maximum atomic E-state index is 12.7. The minimum absolute atomic E-state index is 0.0299. The van der Waals surface area contributed by atoms with Crippen LogP contribution in [0.3, 0.4) is 0 Å². The van der Waals surface area contributed by atoms with Crippen molar-refractivity contribution in [3.8, 4) is 0 Å². The lowest BCUT2D eigenvalue weighted by molar-refractivity contribution is -0.862. The molecule has 23 heavy (non-hydrogen) atoms. The molecule has 2 rings (SSSR count). The number of amides is 2. The molecule has 0 fully saturated rings. The third-order valence-corrected chi connectivity index (χ3v) is 3.91. The number of carbonyl (C=O) groups is 2. The molecule has 126 valence electrons. The summed E-state index contributed by atoms with van der Waals surface area (Å²) in [7, 11) is 1.88. The molecule has 1 aliphatic rings. The second-order valence-electron chi connectivity index (χ2n) is 7.55. The van der Waals surface area contributed by atoms with E-state index >= 15 is 0 Å². The van der Waals surface area contributed by atoms with Crippen molar-refractivity contribution in [1.29, 1.82) is 0 Å². The molecule has 0 spiro atoms. The van der Waals surface area contributed by atoms with Crippen molar-refractivity contribution in [2.75, 3.05) is 25.0 Å². The summed E-state index contributed by atoms with van der Waals surface area (Å²) >= 11 is 0. The molecule has 2 N–H and O–H groups in total. The molecular weight excluding hydrogens is 290 g/mol. The van der Waals surface area contributed by atoms with E-state index in [4.69, 9.17) is 0 Å². The minimum atomic E-state index is -0.246. The first kappa shape index (κ1) is 17.5. The Balaban J connectivity index is 1.95. The van der Waals surface area contributed by atoms with Crippen LogP contribution in [0.15, 0.2) is 24.3 Å². The summed E-state index contributed by atoms with van der Waals surface area (Å²) in [4.78, 5) is 27.4. The van der Waals surface area contributed by atoms with Crippen LogP contribution in [0, 0.1) is 0 Å². The van der Waals surface area contributed by atoms with E-state index in [1.54, 1.807) is 0 Å². The van der Waals surface area contributed by atoms with Gasteiger partial charge in [0, 0.05) is 17.3 Å². The third-order valence-electron chi connectivity index (χ3n) is 3.91. The fraction of sp³-hybridized carbons (Fsp3) is 0.556. The Labute approximate surface area is 138 Å². The Bertz CT molecular complexity index is 592. The first-order chi connectivity index (χ1) is 10.7. The van der Waals surface area contributed by atoms with Gasteiger partial charge in [-0.25, -0.2) is 0 Å². The summed E-state index contributed by atoms with van der Waals surface area (Å²) in [5.41, 5.74) is 1.98. The summed E-state index contributed by atoms with van der Waals surface area (Å²) < 4.78 is 0. The van der Waals surface area contributed by atoms with E-state index in [0.717, 1.165) is 17.0 Å². The number of benzene rings is 1. The second-order valence-corrected chi connectivity index (χ2v) is 7.55. The molecule has 0 aliphatic carbocycles. The van der Waals surface area contributed by atoms with Gasteiger partial charge in [-0.2, -0.15) is 0 Å². The standard InChI is InChI=1S/C18H27N3O2/c1-13-10-14-8-6-7-9-15(14)21(13)17(23)12-20(5)11-16(22)19-18(2,3)4/h6-9,13H,10-12H2,1-5H3,(H,19,22)/p+1/t13-/m1/s1. The highest BCUT2D eigenvalue weighted by molar-refractivity contribution is 5.96. The number of nitrogens with zero attached hydrogens (tertiary/aromatic N) is 1. The lowest BCUT2D eigenvalue weighted by Crippen LogP contribution is -3.11. The van der Waals surface area contributed by atoms with Gasteiger partial charge in [0.15, 0.2) is 13.1 Å². The monoisotopic (exact) mass is 318 g/mol.